The van der Waals surface area contributed by atoms with Crippen LogP contribution in [0.5, 0.6) is 0 Å². The number of Topliss-reactive ketones (excluding diaryl/α,β-unsaturated/α-hetero) is 2. The van der Waals surface area contributed by atoms with Crippen LogP contribution in [-0.2, 0) is 19.2 Å². The summed E-state index contributed by atoms with van der Waals surface area (Å²) in [6.07, 6.45) is 0.676. The molecule has 0 unspecified atom stereocenters. The first kappa shape index (κ1) is 44.9. The van der Waals surface area contributed by atoms with Crippen LogP contribution in [0.2, 0.25) is 0 Å². The van der Waals surface area contributed by atoms with Gasteiger partial charge in [-0.25, -0.2) is 0 Å². The number of anilines is 2. The van der Waals surface area contributed by atoms with Crippen molar-refractivity contribution in [2.75, 3.05) is 127 Å². The molecule has 0 aliphatic heterocycles. The Hall–Kier alpha value is -3.23. The molecule has 3 amide bonds. The lowest BCUT2D eigenvalue weighted by molar-refractivity contribution is -0.133. The van der Waals surface area contributed by atoms with Crippen LogP contribution in [0.1, 0.15) is 44.0 Å². The molecule has 0 saturated heterocycles. The van der Waals surface area contributed by atoms with Crippen molar-refractivity contribution in [1.29, 1.82) is 0 Å². The zero-order chi connectivity index (χ0) is 36.0. The Morgan fingerprint density at radius 1 is 0.565 bits per heavy atom. The molecule has 0 radical (unpaired) electrons. The maximum Gasteiger partial charge on any atom is 0.238 e. The van der Waals surface area contributed by atoms with Crippen LogP contribution in [0.15, 0.2) is 18.2 Å². The minimum Gasteiger partial charge on any atom is -0.340 e. The van der Waals surface area contributed by atoms with Gasteiger partial charge >= 0.3 is 0 Å². The SMILES string of the molecule is CC(=O)CCC(=O)N(CCN(C)C)CCN(C)C.CC(=O)c1cc(NC(=O)CN(C)C)cc(NC(=O)CN(C)C)c1.CCN(C)C. The summed E-state index contributed by atoms with van der Waals surface area (Å²) >= 11 is 0. The summed E-state index contributed by atoms with van der Waals surface area (Å²) in [4.78, 5) is 69.8. The summed E-state index contributed by atoms with van der Waals surface area (Å²) < 4.78 is 0. The molecule has 264 valence electrons. The van der Waals surface area contributed by atoms with E-state index in [4.69, 9.17) is 0 Å². The zero-order valence-corrected chi connectivity index (χ0v) is 30.8. The van der Waals surface area contributed by atoms with Gasteiger partial charge in [-0.2, -0.15) is 0 Å². The van der Waals surface area contributed by atoms with Crippen LogP contribution in [-0.4, -0.2) is 175 Å². The quantitative estimate of drug-likeness (QED) is 0.241. The highest BCUT2D eigenvalue weighted by atomic mass is 16.2. The Morgan fingerprint density at radius 2 is 0.957 bits per heavy atom. The topological polar surface area (TPSA) is 129 Å². The molecule has 0 spiro atoms. The van der Waals surface area contributed by atoms with Gasteiger partial charge in [0.05, 0.1) is 13.1 Å². The van der Waals surface area contributed by atoms with E-state index in [9.17, 15) is 24.0 Å². The van der Waals surface area contributed by atoms with Gasteiger partial charge in [0.15, 0.2) is 5.78 Å². The second-order valence-electron chi connectivity index (χ2n) is 12.5. The predicted molar refractivity (Wildman–Crippen MR) is 189 cm³/mol. The minimum atomic E-state index is -0.193. The van der Waals surface area contributed by atoms with E-state index in [1.54, 1.807) is 56.2 Å². The third-order valence-electron chi connectivity index (χ3n) is 6.14. The fraction of sp³-hybridized carbons (Fsp3) is 0.667. The third-order valence-corrected chi connectivity index (χ3v) is 6.14. The molecule has 0 saturated carbocycles. The summed E-state index contributed by atoms with van der Waals surface area (Å²) in [5.41, 5.74) is 1.38. The molecule has 0 aliphatic rings. The molecule has 0 heterocycles. The average molecular weight is 651 g/mol. The fourth-order valence-corrected chi connectivity index (χ4v) is 3.39. The van der Waals surface area contributed by atoms with Crippen molar-refractivity contribution in [2.24, 2.45) is 0 Å². The Balaban J connectivity index is 0. The highest BCUT2D eigenvalue weighted by molar-refractivity contribution is 6.01. The summed E-state index contributed by atoms with van der Waals surface area (Å²) in [5, 5.41) is 5.46. The number of nitrogens with zero attached hydrogens (tertiary/aromatic N) is 6. The molecule has 13 nitrogen and oxygen atoms in total. The summed E-state index contributed by atoms with van der Waals surface area (Å²) in [6, 6.07) is 4.82. The van der Waals surface area contributed by atoms with Gasteiger partial charge in [-0.05, 0) is 109 Å². The molecule has 0 fully saturated rings. The number of carbonyl (C=O) groups excluding carboxylic acids is 5. The van der Waals surface area contributed by atoms with Gasteiger partial charge < -0.3 is 44.8 Å². The Kier molecular flexibility index (Phi) is 24.3. The monoisotopic (exact) mass is 650 g/mol. The number of nitrogens with one attached hydrogen (secondary N) is 2. The van der Waals surface area contributed by atoms with Crippen LogP contribution >= 0.6 is 0 Å². The van der Waals surface area contributed by atoms with Crippen molar-refractivity contribution in [3.63, 3.8) is 0 Å². The van der Waals surface area contributed by atoms with Gasteiger partial charge in [0.25, 0.3) is 0 Å². The molecule has 0 atom stereocenters. The van der Waals surface area contributed by atoms with E-state index in [0.29, 0.717) is 29.8 Å². The maximum absolute atomic E-state index is 12.0. The zero-order valence-electron chi connectivity index (χ0n) is 30.8. The van der Waals surface area contributed by atoms with Gasteiger partial charge in [-0.3, -0.25) is 19.2 Å². The van der Waals surface area contributed by atoms with Crippen molar-refractivity contribution in [3.8, 4) is 0 Å². The Morgan fingerprint density at radius 3 is 1.24 bits per heavy atom. The number of rotatable bonds is 17. The second kappa shape index (κ2) is 24.9. The Labute approximate surface area is 278 Å². The van der Waals surface area contributed by atoms with E-state index in [-0.39, 0.29) is 42.4 Å². The minimum absolute atomic E-state index is 0.0727. The Bertz CT molecular complexity index is 1020. The largest absolute Gasteiger partial charge is 0.340 e. The highest BCUT2D eigenvalue weighted by Gasteiger charge is 2.14. The molecule has 0 aromatic heterocycles. The first-order valence-corrected chi connectivity index (χ1v) is 15.5. The lowest BCUT2D eigenvalue weighted by Gasteiger charge is -2.25. The van der Waals surface area contributed by atoms with E-state index in [1.807, 2.05) is 33.1 Å². The molecule has 13 heteroatoms. The summed E-state index contributed by atoms with van der Waals surface area (Å²) in [7, 11) is 19.2. The normalized spacial score (nSPS) is 10.7. The second-order valence-corrected chi connectivity index (χ2v) is 12.5. The molecule has 1 aromatic carbocycles. The van der Waals surface area contributed by atoms with Crippen LogP contribution < -0.4 is 10.6 Å². The molecular weight excluding hydrogens is 588 g/mol. The number of hydrogen-bond donors (Lipinski definition) is 2. The molecule has 1 aromatic rings. The standard InChI is InChI=1S/C16H24N4O3.C13H27N3O2.C4H11N/c1-11(21)12-6-13(17-15(22)9-19(2)3)8-14(7-12)18-16(23)10-20(4)5;1-12(17)6-7-13(18)16(10-8-14(2)3)11-9-15(4)5;1-4-5(2)3/h6-8H,9-10H2,1-5H3,(H,17,22)(H,18,23);6-11H2,1-5H3;4H2,1-3H3. The number of benzene rings is 1. The first-order chi connectivity index (χ1) is 21.3. The maximum atomic E-state index is 12.0. The molecular formula is C33H62N8O5. The van der Waals surface area contributed by atoms with Crippen LogP contribution in [0, 0.1) is 0 Å². The smallest absolute Gasteiger partial charge is 0.238 e. The fourth-order valence-electron chi connectivity index (χ4n) is 3.39. The molecule has 0 aliphatic carbocycles. The summed E-state index contributed by atoms with van der Waals surface area (Å²) in [6.45, 7) is 9.82. The number of likely N-dealkylation sites (N-methyl/N-ethyl adjacent to an activating group) is 4. The molecule has 46 heavy (non-hydrogen) atoms. The van der Waals surface area contributed by atoms with Gasteiger partial charge in [-0.1, -0.05) is 6.92 Å². The number of hydrogen-bond acceptors (Lipinski definition) is 10. The van der Waals surface area contributed by atoms with Gasteiger partial charge in [0.1, 0.15) is 5.78 Å². The molecule has 0 bridgehead atoms. The average Bonchev–Trinajstić information content (AvgIpc) is 2.90. The van der Waals surface area contributed by atoms with Crippen LogP contribution in [0.25, 0.3) is 0 Å². The molecule has 2 N–H and O–H groups in total. The van der Waals surface area contributed by atoms with Gasteiger partial charge in [0.2, 0.25) is 17.7 Å². The van der Waals surface area contributed by atoms with Crippen LogP contribution in [0.4, 0.5) is 11.4 Å². The molecule has 1 rings (SSSR count). The van der Waals surface area contributed by atoms with Crippen molar-refractivity contribution in [3.05, 3.63) is 23.8 Å². The van der Waals surface area contributed by atoms with E-state index in [2.05, 4.69) is 46.4 Å². The lowest BCUT2D eigenvalue weighted by atomic mass is 10.1. The predicted octanol–water partition coefficient (Wildman–Crippen LogP) is 1.76. The first-order valence-electron chi connectivity index (χ1n) is 15.5. The highest BCUT2D eigenvalue weighted by Crippen LogP contribution is 2.20. The number of ketones is 2. The van der Waals surface area contributed by atoms with Crippen molar-refractivity contribution >= 4 is 40.7 Å². The van der Waals surface area contributed by atoms with E-state index >= 15 is 0 Å². The number of carbonyl (C=O) groups is 5. The van der Waals surface area contributed by atoms with E-state index in [1.165, 1.54) is 13.8 Å². The lowest BCUT2D eigenvalue weighted by Crippen LogP contribution is -2.40. The summed E-state index contributed by atoms with van der Waals surface area (Å²) in [5.74, 6) is -0.378. The van der Waals surface area contributed by atoms with E-state index in [0.717, 1.165) is 32.7 Å². The van der Waals surface area contributed by atoms with Crippen molar-refractivity contribution in [2.45, 2.75) is 33.6 Å². The van der Waals surface area contributed by atoms with Gasteiger partial charge in [0, 0.05) is 56.0 Å². The number of amides is 3. The van der Waals surface area contributed by atoms with Crippen LogP contribution in [0.3, 0.4) is 0 Å². The van der Waals surface area contributed by atoms with Gasteiger partial charge in [-0.15, -0.1) is 0 Å². The van der Waals surface area contributed by atoms with Crippen molar-refractivity contribution in [1.82, 2.24) is 29.4 Å². The van der Waals surface area contributed by atoms with E-state index < -0.39 is 0 Å². The third kappa shape index (κ3) is 26.0. The van der Waals surface area contributed by atoms with Crippen molar-refractivity contribution < 1.29 is 24.0 Å².